The van der Waals surface area contributed by atoms with Crippen LogP contribution in [-0.4, -0.2) is 34.2 Å². The third-order valence-electron chi connectivity index (χ3n) is 3.81. The van der Waals surface area contributed by atoms with E-state index in [9.17, 15) is 9.59 Å². The number of rotatable bonds is 3. The van der Waals surface area contributed by atoms with Crippen LogP contribution in [0.2, 0.25) is 0 Å². The first kappa shape index (κ1) is 12.0. The average Bonchev–Trinajstić information content (AvgIpc) is 3.07. The zero-order valence-electron chi connectivity index (χ0n) is 10.4. The van der Waals surface area contributed by atoms with Gasteiger partial charge in [-0.25, -0.2) is 9.59 Å². The molecular formula is C14H15NO4. The molecule has 1 aliphatic heterocycles. The number of amides is 1. The van der Waals surface area contributed by atoms with Gasteiger partial charge in [-0.1, -0.05) is 30.3 Å². The van der Waals surface area contributed by atoms with Crippen LogP contribution in [0.15, 0.2) is 30.3 Å². The van der Waals surface area contributed by atoms with Crippen LogP contribution in [0, 0.1) is 5.92 Å². The number of aliphatic carboxylic acids is 1. The molecule has 1 saturated carbocycles. The molecule has 2 aliphatic rings. The monoisotopic (exact) mass is 261 g/mol. The molecule has 100 valence electrons. The minimum absolute atomic E-state index is 0.0735. The SMILES string of the molecule is O=C(O)[C@H]1C[C@H]2C[C@H]2N1C(=O)OCc1ccccc1. The number of benzene rings is 1. The Morgan fingerprint density at radius 2 is 2.00 bits per heavy atom. The fourth-order valence-corrected chi connectivity index (χ4v) is 2.73. The van der Waals surface area contributed by atoms with Gasteiger partial charge in [0.25, 0.3) is 0 Å². The fraction of sp³-hybridized carbons (Fsp3) is 0.429. The Hall–Kier alpha value is -2.04. The standard InChI is InChI=1S/C14H15NO4/c16-13(17)12-7-10-6-11(10)15(12)14(18)19-8-9-4-2-1-3-5-9/h1-5,10-12H,6-8H2,(H,16,17)/t10-,11-,12-/m1/s1. The second kappa shape index (κ2) is 4.57. The van der Waals surface area contributed by atoms with Crippen molar-refractivity contribution in [3.8, 4) is 0 Å². The van der Waals surface area contributed by atoms with Crippen LogP contribution in [0.25, 0.3) is 0 Å². The van der Waals surface area contributed by atoms with Crippen molar-refractivity contribution in [3.05, 3.63) is 35.9 Å². The highest BCUT2D eigenvalue weighted by Crippen LogP contribution is 2.48. The second-order valence-corrected chi connectivity index (χ2v) is 5.10. The van der Waals surface area contributed by atoms with Crippen LogP contribution in [0.5, 0.6) is 0 Å². The number of ether oxygens (including phenoxy) is 1. The van der Waals surface area contributed by atoms with Gasteiger partial charge in [0.1, 0.15) is 12.6 Å². The molecule has 1 N–H and O–H groups in total. The molecule has 0 radical (unpaired) electrons. The highest BCUT2D eigenvalue weighted by atomic mass is 16.6. The van der Waals surface area contributed by atoms with E-state index in [2.05, 4.69) is 0 Å². The van der Waals surface area contributed by atoms with Crippen molar-refractivity contribution in [2.45, 2.75) is 31.5 Å². The van der Waals surface area contributed by atoms with E-state index in [0.29, 0.717) is 12.3 Å². The molecule has 2 fully saturated rings. The maximum absolute atomic E-state index is 12.0. The van der Waals surface area contributed by atoms with Crippen molar-refractivity contribution < 1.29 is 19.4 Å². The third kappa shape index (κ3) is 2.28. The van der Waals surface area contributed by atoms with Gasteiger partial charge >= 0.3 is 12.1 Å². The molecule has 0 unspecified atom stereocenters. The normalized spacial score (nSPS) is 27.8. The third-order valence-corrected chi connectivity index (χ3v) is 3.81. The highest BCUT2D eigenvalue weighted by molar-refractivity contribution is 5.81. The molecule has 5 heteroatoms. The van der Waals surface area contributed by atoms with E-state index in [0.717, 1.165) is 12.0 Å². The molecule has 1 amide bonds. The lowest BCUT2D eigenvalue weighted by atomic mass is 10.2. The zero-order chi connectivity index (χ0) is 13.4. The van der Waals surface area contributed by atoms with Gasteiger partial charge in [-0.05, 0) is 24.3 Å². The van der Waals surface area contributed by atoms with Gasteiger partial charge in [-0.15, -0.1) is 0 Å². The lowest BCUT2D eigenvalue weighted by Gasteiger charge is -2.23. The number of fused-ring (bicyclic) bond motifs is 1. The van der Waals surface area contributed by atoms with E-state index < -0.39 is 18.1 Å². The summed E-state index contributed by atoms with van der Waals surface area (Å²) in [5, 5.41) is 9.11. The predicted octanol–water partition coefficient (Wildman–Crippen LogP) is 1.87. The first-order valence-corrected chi connectivity index (χ1v) is 6.38. The Morgan fingerprint density at radius 1 is 1.26 bits per heavy atom. The number of hydrogen-bond donors (Lipinski definition) is 1. The number of carbonyl (C=O) groups is 2. The Morgan fingerprint density at radius 3 is 2.68 bits per heavy atom. The maximum atomic E-state index is 12.0. The molecular weight excluding hydrogens is 246 g/mol. The molecule has 1 saturated heterocycles. The molecule has 3 rings (SSSR count). The molecule has 0 spiro atoms. The minimum atomic E-state index is -0.941. The summed E-state index contributed by atoms with van der Waals surface area (Å²) in [6.45, 7) is 0.180. The van der Waals surface area contributed by atoms with Gasteiger partial charge in [-0.2, -0.15) is 0 Å². The summed E-state index contributed by atoms with van der Waals surface area (Å²) in [5.41, 5.74) is 0.897. The molecule has 1 aliphatic carbocycles. The van der Waals surface area contributed by atoms with Gasteiger partial charge in [-0.3, -0.25) is 4.90 Å². The molecule has 1 heterocycles. The second-order valence-electron chi connectivity index (χ2n) is 5.10. The van der Waals surface area contributed by atoms with E-state index in [1.807, 2.05) is 30.3 Å². The maximum Gasteiger partial charge on any atom is 0.411 e. The van der Waals surface area contributed by atoms with E-state index in [1.54, 1.807) is 0 Å². The average molecular weight is 261 g/mol. The highest BCUT2D eigenvalue weighted by Gasteiger charge is 2.56. The number of hydrogen-bond acceptors (Lipinski definition) is 3. The Labute approximate surface area is 110 Å². The Balaban J connectivity index is 1.62. The van der Waals surface area contributed by atoms with Crippen LogP contribution in [-0.2, 0) is 16.1 Å². The van der Waals surface area contributed by atoms with Gasteiger partial charge in [0.05, 0.1) is 0 Å². The van der Waals surface area contributed by atoms with Crippen molar-refractivity contribution in [2.75, 3.05) is 0 Å². The van der Waals surface area contributed by atoms with Gasteiger partial charge in [0.15, 0.2) is 0 Å². The van der Waals surface area contributed by atoms with E-state index in [1.165, 1.54) is 4.90 Å². The number of piperidine rings is 1. The van der Waals surface area contributed by atoms with Crippen LogP contribution >= 0.6 is 0 Å². The molecule has 3 atom stereocenters. The number of nitrogens with zero attached hydrogens (tertiary/aromatic N) is 1. The van der Waals surface area contributed by atoms with Crippen molar-refractivity contribution in [3.63, 3.8) is 0 Å². The Bertz CT molecular complexity index is 501. The molecule has 19 heavy (non-hydrogen) atoms. The summed E-state index contributed by atoms with van der Waals surface area (Å²) < 4.78 is 5.21. The van der Waals surface area contributed by atoms with Crippen LogP contribution < -0.4 is 0 Å². The quantitative estimate of drug-likeness (QED) is 0.902. The number of likely N-dealkylation sites (tertiary alicyclic amines) is 1. The van der Waals surface area contributed by atoms with Gasteiger partial charge < -0.3 is 9.84 Å². The number of carboxylic acid groups (broad SMARTS) is 1. The Kier molecular flexibility index (Phi) is 2.89. The summed E-state index contributed by atoms with van der Waals surface area (Å²) >= 11 is 0. The van der Waals surface area contributed by atoms with Crippen LogP contribution in [0.3, 0.4) is 0 Å². The summed E-state index contributed by atoms with van der Waals surface area (Å²) in [6.07, 6.45) is 0.950. The summed E-state index contributed by atoms with van der Waals surface area (Å²) in [6, 6.07) is 8.72. The van der Waals surface area contributed by atoms with Crippen molar-refractivity contribution in [1.29, 1.82) is 0 Å². The van der Waals surface area contributed by atoms with E-state index >= 15 is 0 Å². The summed E-state index contributed by atoms with van der Waals surface area (Å²) in [7, 11) is 0. The van der Waals surface area contributed by atoms with Crippen LogP contribution in [0.1, 0.15) is 18.4 Å². The lowest BCUT2D eigenvalue weighted by molar-refractivity contribution is -0.142. The van der Waals surface area contributed by atoms with E-state index in [4.69, 9.17) is 9.84 Å². The molecule has 1 aromatic carbocycles. The predicted molar refractivity (Wildman–Crippen MR) is 66.4 cm³/mol. The first-order valence-electron chi connectivity index (χ1n) is 6.38. The molecule has 0 aromatic heterocycles. The largest absolute Gasteiger partial charge is 0.480 e. The van der Waals surface area contributed by atoms with Crippen molar-refractivity contribution >= 4 is 12.1 Å². The van der Waals surface area contributed by atoms with Crippen LogP contribution in [0.4, 0.5) is 4.79 Å². The zero-order valence-corrected chi connectivity index (χ0v) is 10.4. The smallest absolute Gasteiger partial charge is 0.411 e. The van der Waals surface area contributed by atoms with E-state index in [-0.39, 0.29) is 12.6 Å². The molecule has 0 bridgehead atoms. The first-order chi connectivity index (χ1) is 9.16. The minimum Gasteiger partial charge on any atom is -0.480 e. The molecule has 5 nitrogen and oxygen atoms in total. The number of carbonyl (C=O) groups excluding carboxylic acids is 1. The van der Waals surface area contributed by atoms with Gasteiger partial charge in [0.2, 0.25) is 0 Å². The van der Waals surface area contributed by atoms with Crippen molar-refractivity contribution in [2.24, 2.45) is 5.92 Å². The summed E-state index contributed by atoms with van der Waals surface area (Å²) in [4.78, 5) is 24.5. The van der Waals surface area contributed by atoms with Crippen molar-refractivity contribution in [1.82, 2.24) is 4.90 Å². The van der Waals surface area contributed by atoms with Gasteiger partial charge in [0, 0.05) is 6.04 Å². The lowest BCUT2D eigenvalue weighted by Crippen LogP contribution is -2.43. The topological polar surface area (TPSA) is 66.8 Å². The summed E-state index contributed by atoms with van der Waals surface area (Å²) in [5.74, 6) is -0.589. The fourth-order valence-electron chi connectivity index (χ4n) is 2.73. The number of carboxylic acids is 1. The molecule has 1 aromatic rings.